The van der Waals surface area contributed by atoms with Crippen molar-refractivity contribution in [2.75, 3.05) is 13.2 Å². The van der Waals surface area contributed by atoms with E-state index in [1.807, 2.05) is 140 Å². The van der Waals surface area contributed by atoms with Gasteiger partial charge in [0.15, 0.2) is 23.8 Å². The van der Waals surface area contributed by atoms with Gasteiger partial charge in [0, 0.05) is 12.8 Å². The summed E-state index contributed by atoms with van der Waals surface area (Å²) in [5.74, 6) is -4.11. The number of allylic oxidation sites excluding steroid dienone is 20. The highest BCUT2D eigenvalue weighted by Gasteiger charge is 2.41. The average Bonchev–Trinajstić information content (AvgIpc) is 3.27. The van der Waals surface area contributed by atoms with Crippen LogP contribution in [0.3, 0.4) is 0 Å². The lowest BCUT2D eigenvalue weighted by molar-refractivity contribution is -0.161. The number of carboxylic acid groups (broad SMARTS) is 1. The Labute approximate surface area is 406 Å². The lowest BCUT2D eigenvalue weighted by Crippen LogP contribution is -2.47. The number of aliphatic hydroxyl groups is 5. The van der Waals surface area contributed by atoms with E-state index in [4.69, 9.17) is 24.4 Å². The molecule has 0 amide bonds. The van der Waals surface area contributed by atoms with Crippen LogP contribution < -0.4 is 0 Å². The number of esters is 3. The fraction of sp³-hybridized carbons (Fsp3) is 0.481. The van der Waals surface area contributed by atoms with Gasteiger partial charge in [-0.1, -0.05) is 135 Å². The van der Waals surface area contributed by atoms with Crippen molar-refractivity contribution in [3.8, 4) is 0 Å². The van der Waals surface area contributed by atoms with Gasteiger partial charge in [-0.2, -0.15) is 0 Å². The summed E-state index contributed by atoms with van der Waals surface area (Å²) in [6, 6.07) is 0. The number of ether oxygens (including phenoxy) is 3. The van der Waals surface area contributed by atoms with Gasteiger partial charge in [0.25, 0.3) is 0 Å². The molecule has 6 unspecified atom stereocenters. The van der Waals surface area contributed by atoms with Crippen LogP contribution in [0, 0.1) is 10.8 Å². The molecule has 0 radical (unpaired) electrons. The quantitative estimate of drug-likeness (QED) is 0.0337. The van der Waals surface area contributed by atoms with Gasteiger partial charge in [-0.05, 0) is 74.7 Å². The summed E-state index contributed by atoms with van der Waals surface area (Å²) in [4.78, 5) is 73.9. The summed E-state index contributed by atoms with van der Waals surface area (Å²) < 4.78 is 15.7. The molecule has 69 heavy (non-hydrogen) atoms. The topological polar surface area (TPSA) is 251 Å². The zero-order chi connectivity index (χ0) is 52.2. The number of ketones is 2. The van der Waals surface area contributed by atoms with Crippen molar-refractivity contribution in [2.24, 2.45) is 10.8 Å². The molecule has 0 aromatic carbocycles. The molecular weight excluding hydrogens is 889 g/mol. The molecule has 378 valence electrons. The first kappa shape index (κ1) is 59.3. The number of carbonyl (C=O) groups excluding carboxylic acids is 5. The molecule has 0 heterocycles. The first-order chi connectivity index (χ1) is 32.2. The number of rotatable bonds is 24. The van der Waals surface area contributed by atoms with Crippen LogP contribution in [0.1, 0.15) is 108 Å². The molecule has 2 rings (SSSR count). The van der Waals surface area contributed by atoms with Crippen molar-refractivity contribution in [3.05, 3.63) is 130 Å². The van der Waals surface area contributed by atoms with Crippen molar-refractivity contribution in [3.63, 3.8) is 0 Å². The Morgan fingerprint density at radius 1 is 0.580 bits per heavy atom. The highest BCUT2D eigenvalue weighted by Crippen LogP contribution is 2.42. The number of carbonyl (C=O) groups is 6. The van der Waals surface area contributed by atoms with E-state index in [2.05, 4.69) is 0 Å². The second kappa shape index (κ2) is 28.0. The molecule has 0 bridgehead atoms. The van der Waals surface area contributed by atoms with E-state index in [9.17, 15) is 49.2 Å². The second-order valence-corrected chi connectivity index (χ2v) is 18.7. The molecule has 6 N–H and O–H groups in total. The molecular formula is C54H72O15. The molecule has 0 spiro atoms. The molecule has 15 heteroatoms. The Morgan fingerprint density at radius 3 is 1.35 bits per heavy atom. The van der Waals surface area contributed by atoms with Gasteiger partial charge in [-0.25, -0.2) is 0 Å². The molecule has 0 saturated carbocycles. The molecule has 0 aromatic heterocycles. The lowest BCUT2D eigenvalue weighted by atomic mass is 9.71. The third-order valence-corrected chi connectivity index (χ3v) is 11.6. The number of aliphatic hydroxyl groups excluding tert-OH is 5. The molecule has 0 saturated heterocycles. The van der Waals surface area contributed by atoms with E-state index in [1.54, 1.807) is 13.8 Å². The van der Waals surface area contributed by atoms with Crippen LogP contribution in [-0.2, 0) is 43.0 Å². The highest BCUT2D eigenvalue weighted by atomic mass is 16.6. The minimum atomic E-state index is -1.90. The van der Waals surface area contributed by atoms with E-state index >= 15 is 0 Å². The molecule has 2 aliphatic carbocycles. The first-order valence-electron chi connectivity index (χ1n) is 22.9. The van der Waals surface area contributed by atoms with Crippen LogP contribution in [0.5, 0.6) is 0 Å². The van der Waals surface area contributed by atoms with Gasteiger partial charge in [-0.3, -0.25) is 28.8 Å². The second-order valence-electron chi connectivity index (χ2n) is 18.7. The van der Waals surface area contributed by atoms with Crippen LogP contribution in [-0.4, -0.2) is 116 Å². The Balaban J connectivity index is 1.93. The Morgan fingerprint density at radius 2 is 0.942 bits per heavy atom. The molecule has 0 fully saturated rings. The summed E-state index contributed by atoms with van der Waals surface area (Å²) in [6.07, 6.45) is 17.1. The molecule has 6 atom stereocenters. The van der Waals surface area contributed by atoms with Crippen LogP contribution in [0.25, 0.3) is 0 Å². The van der Waals surface area contributed by atoms with Crippen LogP contribution in [0.4, 0.5) is 0 Å². The molecule has 0 aromatic rings. The first-order valence-corrected chi connectivity index (χ1v) is 22.9. The number of hydrogen-bond acceptors (Lipinski definition) is 14. The zero-order valence-electron chi connectivity index (χ0n) is 41.6. The van der Waals surface area contributed by atoms with Crippen molar-refractivity contribution < 1.29 is 73.6 Å². The van der Waals surface area contributed by atoms with E-state index in [0.29, 0.717) is 17.6 Å². The minimum absolute atomic E-state index is 0.222. The van der Waals surface area contributed by atoms with Crippen LogP contribution in [0.2, 0.25) is 0 Å². The van der Waals surface area contributed by atoms with Crippen molar-refractivity contribution in [1.82, 2.24) is 0 Å². The summed E-state index contributed by atoms with van der Waals surface area (Å²) in [7, 11) is 0. The van der Waals surface area contributed by atoms with E-state index < -0.39 is 97.4 Å². The predicted molar refractivity (Wildman–Crippen MR) is 261 cm³/mol. The van der Waals surface area contributed by atoms with Gasteiger partial charge in [-0.15, -0.1) is 0 Å². The normalized spacial score (nSPS) is 21.5. The van der Waals surface area contributed by atoms with Gasteiger partial charge in [0.2, 0.25) is 0 Å². The van der Waals surface area contributed by atoms with Crippen molar-refractivity contribution >= 4 is 35.4 Å². The van der Waals surface area contributed by atoms with E-state index in [0.717, 1.165) is 33.4 Å². The van der Waals surface area contributed by atoms with Gasteiger partial charge < -0.3 is 44.8 Å². The van der Waals surface area contributed by atoms with Gasteiger partial charge in [0.05, 0.1) is 32.3 Å². The zero-order valence-corrected chi connectivity index (χ0v) is 41.6. The summed E-state index contributed by atoms with van der Waals surface area (Å²) in [6.45, 7) is 17.5. The molecule has 0 aliphatic heterocycles. The average molecular weight is 961 g/mol. The molecule has 15 nitrogen and oxygen atoms in total. The third kappa shape index (κ3) is 20.0. The van der Waals surface area contributed by atoms with Gasteiger partial charge >= 0.3 is 23.9 Å². The summed E-state index contributed by atoms with van der Waals surface area (Å²) in [5, 5.41) is 56.6. The SMILES string of the molecule is CC1=C(/C=C/C(C)=C/C=C/C(C)=C/C=C/C=C(C)/C=C/C=C(C)/C=C/C2=C(C)C(=O)C(OC(=O)CCC(=O)OCC(O)C(O)C(O)C(O)CO)CC2(C)C)C(C)(C)CC(OC(=O)CCC(=O)O)C1=O. The highest BCUT2D eigenvalue weighted by molar-refractivity contribution is 6.02. The Bertz CT molecular complexity index is 2230. The van der Waals surface area contributed by atoms with Gasteiger partial charge in [0.1, 0.15) is 31.0 Å². The van der Waals surface area contributed by atoms with Crippen molar-refractivity contribution in [1.29, 1.82) is 0 Å². The monoisotopic (exact) mass is 960 g/mol. The third-order valence-electron chi connectivity index (χ3n) is 11.6. The number of aliphatic carboxylic acids is 1. The number of carboxylic acids is 1. The van der Waals surface area contributed by atoms with Crippen LogP contribution >= 0.6 is 0 Å². The maximum atomic E-state index is 13.3. The fourth-order valence-electron chi connectivity index (χ4n) is 7.52. The van der Waals surface area contributed by atoms with Crippen LogP contribution in [0.15, 0.2) is 130 Å². The largest absolute Gasteiger partial charge is 0.481 e. The van der Waals surface area contributed by atoms with E-state index in [-0.39, 0.29) is 30.8 Å². The fourth-order valence-corrected chi connectivity index (χ4v) is 7.52. The number of hydrogen-bond donors (Lipinski definition) is 6. The molecule has 2 aliphatic rings. The standard InChI is InChI=1S/C54H72O15/c1-33(17-13-19-35(3)21-23-39-37(5)49(63)43(29-53(39,7)8)68-47(61)26-25-45(58)59)15-11-12-16-34(2)18-14-20-36(4)22-24-40-38(6)50(64)44(30-54(40,9)10)69-48(62)28-27-46(60)67-32-42(57)52(66)51(65)41(56)31-55/h11-24,41-44,51-52,55-57,65-66H,25-32H2,1-10H3,(H,58,59)/b12-11+,17-13+,18-14+,23-21+,24-22+,33-15+,34-16+,35-19+,36-20+. The summed E-state index contributed by atoms with van der Waals surface area (Å²) in [5.41, 5.74) is 5.62. The maximum absolute atomic E-state index is 13.3. The van der Waals surface area contributed by atoms with E-state index in [1.165, 1.54) is 0 Å². The lowest BCUT2D eigenvalue weighted by Gasteiger charge is -2.36. The maximum Gasteiger partial charge on any atom is 0.307 e. The predicted octanol–water partition coefficient (Wildman–Crippen LogP) is 6.63. The number of Topliss-reactive ketones (excluding diaryl/α,β-unsaturated/α-hetero) is 2. The minimum Gasteiger partial charge on any atom is -0.481 e. The summed E-state index contributed by atoms with van der Waals surface area (Å²) >= 11 is 0. The Hall–Kier alpha value is -5.84. The smallest absolute Gasteiger partial charge is 0.307 e. The van der Waals surface area contributed by atoms with Crippen molar-refractivity contribution in [2.45, 2.75) is 144 Å². The Kier molecular flexibility index (Phi) is 24.0.